The fraction of sp³-hybridized carbons (Fsp3) is 0.130. The van der Waals surface area contributed by atoms with Crippen LogP contribution in [-0.2, 0) is 23.0 Å². The van der Waals surface area contributed by atoms with E-state index in [0.717, 1.165) is 11.1 Å². The number of hydrogen-bond donors (Lipinski definition) is 0. The van der Waals surface area contributed by atoms with E-state index in [1.807, 2.05) is 30.3 Å². The molecular formula is C23H19N3O4S. The topological polar surface area (TPSA) is 85.5 Å². The van der Waals surface area contributed by atoms with Crippen LogP contribution in [0.3, 0.4) is 0 Å². The number of rotatable bonds is 5. The van der Waals surface area contributed by atoms with E-state index in [4.69, 9.17) is 9.15 Å². The molecule has 0 saturated heterocycles. The Kier molecular flexibility index (Phi) is 5.01. The average Bonchev–Trinajstić information content (AvgIpc) is 3.29. The van der Waals surface area contributed by atoms with Crippen LogP contribution in [0.1, 0.15) is 11.3 Å². The van der Waals surface area contributed by atoms with E-state index in [9.17, 15) is 8.42 Å². The SMILES string of the molecule is O=S(=O)(c1ccc(Oc2ccc(-c3ncccn3)cc2)cc1)N1CCc2ccoc2C1. The Balaban J connectivity index is 1.29. The van der Waals surface area contributed by atoms with Crippen molar-refractivity contribution in [1.29, 1.82) is 0 Å². The van der Waals surface area contributed by atoms with Crippen molar-refractivity contribution in [3.05, 3.63) is 90.6 Å². The van der Waals surface area contributed by atoms with Gasteiger partial charge in [0.15, 0.2) is 5.82 Å². The number of benzene rings is 2. The Hall–Kier alpha value is -3.49. The standard InChI is InChI=1S/C23H19N3O4S/c27-31(28,26-14-10-17-11-15-29-22(17)16-26)21-8-6-20(7-9-21)30-19-4-2-18(3-5-19)23-24-12-1-13-25-23/h1-9,11-13,15H,10,14,16H2. The Morgan fingerprint density at radius 1 is 0.903 bits per heavy atom. The number of hydrogen-bond acceptors (Lipinski definition) is 6. The van der Waals surface area contributed by atoms with Crippen molar-refractivity contribution in [1.82, 2.24) is 14.3 Å². The minimum atomic E-state index is -3.60. The maximum absolute atomic E-state index is 13.0. The maximum Gasteiger partial charge on any atom is 0.243 e. The van der Waals surface area contributed by atoms with E-state index in [0.29, 0.717) is 36.0 Å². The molecule has 2 aromatic heterocycles. The molecule has 5 rings (SSSR count). The lowest BCUT2D eigenvalue weighted by Gasteiger charge is -2.25. The van der Waals surface area contributed by atoms with Crippen LogP contribution in [0.4, 0.5) is 0 Å². The van der Waals surface area contributed by atoms with Gasteiger partial charge in [-0.1, -0.05) is 0 Å². The zero-order valence-electron chi connectivity index (χ0n) is 16.5. The van der Waals surface area contributed by atoms with E-state index in [2.05, 4.69) is 9.97 Å². The number of fused-ring (bicyclic) bond motifs is 1. The van der Waals surface area contributed by atoms with Gasteiger partial charge in [0.2, 0.25) is 10.0 Å². The van der Waals surface area contributed by atoms with Crippen LogP contribution in [0.25, 0.3) is 11.4 Å². The molecule has 0 bridgehead atoms. The molecule has 0 amide bonds. The lowest BCUT2D eigenvalue weighted by atomic mass is 10.1. The largest absolute Gasteiger partial charge is 0.468 e. The van der Waals surface area contributed by atoms with Crippen LogP contribution in [0.15, 0.2) is 88.6 Å². The molecule has 8 heteroatoms. The van der Waals surface area contributed by atoms with E-state index in [1.165, 1.54) is 4.31 Å². The molecule has 156 valence electrons. The van der Waals surface area contributed by atoms with Crippen molar-refractivity contribution in [3.8, 4) is 22.9 Å². The van der Waals surface area contributed by atoms with Crippen LogP contribution in [0.2, 0.25) is 0 Å². The van der Waals surface area contributed by atoms with Crippen LogP contribution in [-0.4, -0.2) is 29.2 Å². The molecule has 3 heterocycles. The fourth-order valence-electron chi connectivity index (χ4n) is 3.50. The minimum Gasteiger partial charge on any atom is -0.468 e. The molecule has 0 aliphatic carbocycles. The smallest absolute Gasteiger partial charge is 0.243 e. The first-order chi connectivity index (χ1) is 15.1. The van der Waals surface area contributed by atoms with Gasteiger partial charge in [-0.25, -0.2) is 18.4 Å². The van der Waals surface area contributed by atoms with Crippen LogP contribution in [0.5, 0.6) is 11.5 Å². The summed E-state index contributed by atoms with van der Waals surface area (Å²) in [6.45, 7) is 0.686. The highest BCUT2D eigenvalue weighted by atomic mass is 32.2. The quantitative estimate of drug-likeness (QED) is 0.467. The highest BCUT2D eigenvalue weighted by Gasteiger charge is 2.29. The van der Waals surface area contributed by atoms with E-state index in [1.54, 1.807) is 49.0 Å². The molecule has 0 saturated carbocycles. The number of ether oxygens (including phenoxy) is 1. The Bertz CT molecular complexity index is 1280. The molecule has 0 fully saturated rings. The molecule has 0 radical (unpaired) electrons. The molecule has 0 unspecified atom stereocenters. The fourth-order valence-corrected chi connectivity index (χ4v) is 4.90. The number of aromatic nitrogens is 2. The van der Waals surface area contributed by atoms with Crippen molar-refractivity contribution < 1.29 is 17.6 Å². The first-order valence-electron chi connectivity index (χ1n) is 9.80. The number of sulfonamides is 1. The predicted molar refractivity (Wildman–Crippen MR) is 114 cm³/mol. The summed E-state index contributed by atoms with van der Waals surface area (Å²) in [4.78, 5) is 8.68. The summed E-state index contributed by atoms with van der Waals surface area (Å²) in [6.07, 6.45) is 5.64. The van der Waals surface area contributed by atoms with Gasteiger partial charge in [0.1, 0.15) is 17.3 Å². The van der Waals surface area contributed by atoms with Crippen molar-refractivity contribution >= 4 is 10.0 Å². The minimum absolute atomic E-state index is 0.228. The lowest BCUT2D eigenvalue weighted by molar-refractivity contribution is 0.343. The third-order valence-corrected chi connectivity index (χ3v) is 7.02. The summed E-state index contributed by atoms with van der Waals surface area (Å²) in [5, 5.41) is 0. The Morgan fingerprint density at radius 3 is 2.29 bits per heavy atom. The van der Waals surface area contributed by atoms with Crippen LogP contribution in [0, 0.1) is 0 Å². The molecule has 1 aliphatic rings. The normalized spacial score (nSPS) is 14.2. The molecule has 0 spiro atoms. The van der Waals surface area contributed by atoms with Gasteiger partial charge in [-0.15, -0.1) is 0 Å². The van der Waals surface area contributed by atoms with E-state index >= 15 is 0 Å². The molecule has 0 N–H and O–H groups in total. The highest BCUT2D eigenvalue weighted by Crippen LogP contribution is 2.28. The van der Waals surface area contributed by atoms with E-state index in [-0.39, 0.29) is 11.4 Å². The predicted octanol–water partition coefficient (Wildman–Crippen LogP) is 4.28. The summed E-state index contributed by atoms with van der Waals surface area (Å²) in [5.74, 6) is 2.54. The molecule has 0 atom stereocenters. The molecule has 7 nitrogen and oxygen atoms in total. The lowest BCUT2D eigenvalue weighted by Crippen LogP contribution is -2.35. The van der Waals surface area contributed by atoms with Crippen molar-refractivity contribution in [3.63, 3.8) is 0 Å². The van der Waals surface area contributed by atoms with Gasteiger partial charge in [0.25, 0.3) is 0 Å². The van der Waals surface area contributed by atoms with Gasteiger partial charge in [-0.3, -0.25) is 0 Å². The number of nitrogens with zero attached hydrogens (tertiary/aromatic N) is 3. The van der Waals surface area contributed by atoms with Gasteiger partial charge in [-0.05, 0) is 72.6 Å². The van der Waals surface area contributed by atoms with E-state index < -0.39 is 10.0 Å². The Morgan fingerprint density at radius 2 is 1.58 bits per heavy atom. The van der Waals surface area contributed by atoms with Gasteiger partial charge >= 0.3 is 0 Å². The third-order valence-electron chi connectivity index (χ3n) is 5.16. The Labute approximate surface area is 180 Å². The van der Waals surface area contributed by atoms with Gasteiger partial charge in [-0.2, -0.15) is 4.31 Å². The summed E-state index contributed by atoms with van der Waals surface area (Å²) in [5.41, 5.74) is 1.95. The molecular weight excluding hydrogens is 414 g/mol. The maximum atomic E-state index is 13.0. The zero-order valence-corrected chi connectivity index (χ0v) is 17.3. The average molecular weight is 433 g/mol. The van der Waals surface area contributed by atoms with Crippen LogP contribution >= 0.6 is 0 Å². The molecule has 2 aromatic carbocycles. The molecule has 4 aromatic rings. The summed E-state index contributed by atoms with van der Waals surface area (Å²) < 4.78 is 38.7. The van der Waals surface area contributed by atoms with Gasteiger partial charge in [0, 0.05) is 24.5 Å². The second-order valence-corrected chi connectivity index (χ2v) is 9.07. The first-order valence-corrected chi connectivity index (χ1v) is 11.2. The number of furan rings is 1. The van der Waals surface area contributed by atoms with Crippen molar-refractivity contribution in [2.75, 3.05) is 6.54 Å². The second-order valence-electron chi connectivity index (χ2n) is 7.13. The third kappa shape index (κ3) is 3.95. The van der Waals surface area contributed by atoms with Gasteiger partial charge < -0.3 is 9.15 Å². The summed E-state index contributed by atoms with van der Waals surface area (Å²) in [7, 11) is -3.60. The summed E-state index contributed by atoms with van der Waals surface area (Å²) in [6, 6.07) is 17.5. The van der Waals surface area contributed by atoms with Crippen molar-refractivity contribution in [2.45, 2.75) is 17.9 Å². The van der Waals surface area contributed by atoms with Gasteiger partial charge in [0.05, 0.1) is 17.7 Å². The highest BCUT2D eigenvalue weighted by molar-refractivity contribution is 7.89. The second kappa shape index (κ2) is 7.98. The first kappa shape index (κ1) is 19.5. The molecule has 31 heavy (non-hydrogen) atoms. The molecule has 1 aliphatic heterocycles. The van der Waals surface area contributed by atoms with Crippen molar-refractivity contribution in [2.24, 2.45) is 0 Å². The zero-order chi connectivity index (χ0) is 21.3. The monoisotopic (exact) mass is 433 g/mol. The summed E-state index contributed by atoms with van der Waals surface area (Å²) >= 11 is 0. The van der Waals surface area contributed by atoms with Crippen LogP contribution < -0.4 is 4.74 Å².